The van der Waals surface area contributed by atoms with Gasteiger partial charge in [-0.2, -0.15) is 0 Å². The van der Waals surface area contributed by atoms with Crippen molar-refractivity contribution in [2.75, 3.05) is 14.1 Å². The van der Waals surface area contributed by atoms with Crippen LogP contribution >= 0.6 is 0 Å². The van der Waals surface area contributed by atoms with Crippen LogP contribution in [0.15, 0.2) is 11.6 Å². The number of carbonyl (C=O) groups excluding carboxylic acids is 2. The number of aliphatic carboxylic acids is 1. The third-order valence-electron chi connectivity index (χ3n) is 6.22. The largest absolute Gasteiger partial charge is 0.478 e. The predicted octanol–water partition coefficient (Wildman–Crippen LogP) is 2.90. The zero-order valence-electron chi connectivity index (χ0n) is 20.2. The fourth-order valence-electron chi connectivity index (χ4n) is 3.95. The Bertz CT molecular complexity index is 666. The zero-order chi connectivity index (χ0) is 23.4. The quantitative estimate of drug-likeness (QED) is 0.615. The molecule has 1 saturated heterocycles. The van der Waals surface area contributed by atoms with E-state index in [-0.39, 0.29) is 35.4 Å². The highest BCUT2D eigenvalue weighted by molar-refractivity contribution is 5.91. The van der Waals surface area contributed by atoms with Gasteiger partial charge in [0.1, 0.15) is 6.04 Å². The van der Waals surface area contributed by atoms with E-state index in [1.54, 1.807) is 18.0 Å². The number of amides is 2. The number of carboxylic acids is 1. The highest BCUT2D eigenvalue weighted by Gasteiger charge is 2.39. The highest BCUT2D eigenvalue weighted by Crippen LogP contribution is 2.26. The van der Waals surface area contributed by atoms with E-state index in [1.165, 1.54) is 6.92 Å². The van der Waals surface area contributed by atoms with E-state index in [0.717, 1.165) is 19.3 Å². The van der Waals surface area contributed by atoms with Crippen molar-refractivity contribution in [1.29, 1.82) is 0 Å². The zero-order valence-corrected chi connectivity index (χ0v) is 20.2. The van der Waals surface area contributed by atoms with Crippen LogP contribution in [0.4, 0.5) is 0 Å². The summed E-state index contributed by atoms with van der Waals surface area (Å²) in [5.74, 6) is -1.31. The maximum Gasteiger partial charge on any atom is 0.331 e. The van der Waals surface area contributed by atoms with Crippen molar-refractivity contribution in [1.82, 2.24) is 15.1 Å². The first-order valence-electron chi connectivity index (χ1n) is 10.9. The van der Waals surface area contributed by atoms with E-state index in [2.05, 4.69) is 17.1 Å². The van der Waals surface area contributed by atoms with Crippen LogP contribution in [0.1, 0.15) is 67.7 Å². The maximum atomic E-state index is 13.5. The number of likely N-dealkylation sites (tertiary alicyclic amines) is 1. The van der Waals surface area contributed by atoms with Crippen molar-refractivity contribution in [3.63, 3.8) is 0 Å². The number of carbonyl (C=O) groups is 3. The van der Waals surface area contributed by atoms with E-state index in [1.807, 2.05) is 41.7 Å². The molecule has 7 heteroatoms. The minimum Gasteiger partial charge on any atom is -0.478 e. The molecule has 0 aromatic rings. The summed E-state index contributed by atoms with van der Waals surface area (Å²) >= 11 is 0. The van der Waals surface area contributed by atoms with E-state index in [0.29, 0.717) is 6.04 Å². The minimum atomic E-state index is -1.00. The number of piperidine rings is 1. The van der Waals surface area contributed by atoms with Gasteiger partial charge < -0.3 is 15.3 Å². The summed E-state index contributed by atoms with van der Waals surface area (Å²) < 4.78 is 0. The fourth-order valence-corrected chi connectivity index (χ4v) is 3.95. The molecule has 0 bridgehead atoms. The smallest absolute Gasteiger partial charge is 0.331 e. The second-order valence-electron chi connectivity index (χ2n) is 10.1. The Morgan fingerprint density at radius 3 is 2.23 bits per heavy atom. The molecule has 0 aromatic heterocycles. The van der Waals surface area contributed by atoms with E-state index in [4.69, 9.17) is 0 Å². The molecule has 2 N–H and O–H groups in total. The van der Waals surface area contributed by atoms with Crippen LogP contribution in [0.5, 0.6) is 0 Å². The van der Waals surface area contributed by atoms with E-state index >= 15 is 0 Å². The van der Waals surface area contributed by atoms with Gasteiger partial charge in [0.25, 0.3) is 0 Å². The SMILES string of the molecule is C/C(=C\C(C(C)C)N(C)C(=O)C(NC(=O)C1CCC[C@H](C)N1C)C(C)(C)C)C(=O)O. The second kappa shape index (κ2) is 10.4. The third-order valence-corrected chi connectivity index (χ3v) is 6.22. The molecular weight excluding hydrogens is 382 g/mol. The van der Waals surface area contributed by atoms with Crippen LogP contribution in [0.2, 0.25) is 0 Å². The molecule has 1 aliphatic rings. The Hall–Kier alpha value is -1.89. The minimum absolute atomic E-state index is 0.0231. The molecule has 0 aliphatic carbocycles. The summed E-state index contributed by atoms with van der Waals surface area (Å²) in [7, 11) is 3.64. The third kappa shape index (κ3) is 6.56. The summed E-state index contributed by atoms with van der Waals surface area (Å²) in [6, 6.07) is -1.00. The molecule has 0 saturated carbocycles. The van der Waals surface area contributed by atoms with Gasteiger partial charge in [0.2, 0.25) is 11.8 Å². The van der Waals surface area contributed by atoms with Gasteiger partial charge in [-0.15, -0.1) is 0 Å². The van der Waals surface area contributed by atoms with Crippen LogP contribution in [0.3, 0.4) is 0 Å². The molecule has 0 spiro atoms. The van der Waals surface area contributed by atoms with Crippen LogP contribution in [-0.4, -0.2) is 71.0 Å². The normalized spacial score (nSPS) is 23.1. The summed E-state index contributed by atoms with van der Waals surface area (Å²) in [5.41, 5.74) is -0.296. The average molecular weight is 424 g/mol. The van der Waals surface area contributed by atoms with Crippen molar-refractivity contribution in [2.24, 2.45) is 11.3 Å². The van der Waals surface area contributed by atoms with Crippen molar-refractivity contribution in [2.45, 2.75) is 91.9 Å². The molecule has 0 radical (unpaired) electrons. The lowest BCUT2D eigenvalue weighted by Gasteiger charge is -2.40. The van der Waals surface area contributed by atoms with Crippen molar-refractivity contribution in [3.05, 3.63) is 11.6 Å². The first-order valence-corrected chi connectivity index (χ1v) is 10.9. The molecule has 4 atom stereocenters. The van der Waals surface area contributed by atoms with Gasteiger partial charge in [0.05, 0.1) is 12.1 Å². The van der Waals surface area contributed by atoms with Gasteiger partial charge in [-0.3, -0.25) is 14.5 Å². The van der Waals surface area contributed by atoms with Gasteiger partial charge in [0.15, 0.2) is 0 Å². The van der Waals surface area contributed by atoms with Gasteiger partial charge in [-0.1, -0.05) is 40.7 Å². The monoisotopic (exact) mass is 423 g/mol. The van der Waals surface area contributed by atoms with Crippen LogP contribution in [-0.2, 0) is 14.4 Å². The molecule has 3 unspecified atom stereocenters. The van der Waals surface area contributed by atoms with Crippen molar-refractivity contribution >= 4 is 17.8 Å². The molecule has 0 aromatic carbocycles. The van der Waals surface area contributed by atoms with Crippen LogP contribution in [0.25, 0.3) is 0 Å². The summed E-state index contributed by atoms with van der Waals surface area (Å²) in [6.07, 6.45) is 4.45. The van der Waals surface area contributed by atoms with Crippen LogP contribution < -0.4 is 5.32 Å². The molecule has 2 amide bonds. The molecule has 1 heterocycles. The van der Waals surface area contributed by atoms with Crippen LogP contribution in [0, 0.1) is 11.3 Å². The number of hydrogen-bond acceptors (Lipinski definition) is 4. The Labute approximate surface area is 181 Å². The lowest BCUT2D eigenvalue weighted by molar-refractivity contribution is -0.142. The fraction of sp³-hybridized carbons (Fsp3) is 0.783. The first-order chi connectivity index (χ1) is 13.7. The Kier molecular flexibility index (Phi) is 9.08. The van der Waals surface area contributed by atoms with Crippen molar-refractivity contribution < 1.29 is 19.5 Å². The molecule has 1 fully saturated rings. The molecule has 7 nitrogen and oxygen atoms in total. The number of nitrogens with one attached hydrogen (secondary N) is 1. The van der Waals surface area contributed by atoms with Gasteiger partial charge >= 0.3 is 5.97 Å². The molecule has 172 valence electrons. The Morgan fingerprint density at radius 2 is 1.77 bits per heavy atom. The standard InChI is InChI=1S/C23H41N3O4/c1-14(2)18(13-15(3)22(29)30)26(9)21(28)19(23(5,6)7)24-20(27)17-12-10-11-16(4)25(17)8/h13-14,16-19H,10-12H2,1-9H3,(H,24,27)(H,29,30)/b15-13+/t16-,17?,18?,19?/m0/s1. The molecule has 30 heavy (non-hydrogen) atoms. The summed E-state index contributed by atoms with van der Waals surface area (Å²) in [4.78, 5) is 41.5. The van der Waals surface area contributed by atoms with Gasteiger partial charge in [-0.25, -0.2) is 4.79 Å². The number of hydrogen-bond donors (Lipinski definition) is 2. The number of carboxylic acid groups (broad SMARTS) is 1. The maximum absolute atomic E-state index is 13.5. The number of likely N-dealkylation sites (N-methyl/N-ethyl adjacent to an activating group) is 2. The molecular formula is C23H41N3O4. The Morgan fingerprint density at radius 1 is 1.20 bits per heavy atom. The van der Waals surface area contributed by atoms with Gasteiger partial charge in [-0.05, 0) is 51.5 Å². The number of nitrogens with zero attached hydrogens (tertiary/aromatic N) is 2. The first kappa shape index (κ1) is 26.1. The summed E-state index contributed by atoms with van der Waals surface area (Å²) in [5, 5.41) is 12.3. The highest BCUT2D eigenvalue weighted by atomic mass is 16.4. The molecule has 1 aliphatic heterocycles. The molecule has 1 rings (SSSR count). The van der Waals surface area contributed by atoms with Gasteiger partial charge in [0, 0.05) is 18.7 Å². The average Bonchev–Trinajstić information content (AvgIpc) is 2.63. The Balaban J connectivity index is 3.12. The second-order valence-corrected chi connectivity index (χ2v) is 10.1. The van der Waals surface area contributed by atoms with Crippen molar-refractivity contribution in [3.8, 4) is 0 Å². The lowest BCUT2D eigenvalue weighted by atomic mass is 9.84. The van der Waals surface area contributed by atoms with E-state index < -0.39 is 17.4 Å². The van der Waals surface area contributed by atoms with E-state index in [9.17, 15) is 19.5 Å². The lowest BCUT2D eigenvalue weighted by Crippen LogP contribution is -2.60. The summed E-state index contributed by atoms with van der Waals surface area (Å²) in [6.45, 7) is 13.3. The topological polar surface area (TPSA) is 90.0 Å². The number of rotatable bonds is 7. The predicted molar refractivity (Wildman–Crippen MR) is 119 cm³/mol.